The predicted octanol–water partition coefficient (Wildman–Crippen LogP) is 3.59. The fourth-order valence-electron chi connectivity index (χ4n) is 4.35. The monoisotopic (exact) mass is 300 g/mol. The van der Waals surface area contributed by atoms with Gasteiger partial charge in [0.15, 0.2) is 0 Å². The molecule has 0 radical (unpaired) electrons. The quantitative estimate of drug-likeness (QED) is 0.862. The summed E-state index contributed by atoms with van der Waals surface area (Å²) in [5.74, 6) is 0. The molecule has 0 unspecified atom stereocenters. The molecule has 0 spiro atoms. The molecule has 1 aliphatic heterocycles. The van der Waals surface area contributed by atoms with Crippen molar-refractivity contribution in [3.05, 3.63) is 29.8 Å². The molecule has 1 N–H and O–H groups in total. The highest BCUT2D eigenvalue weighted by atomic mass is 16.1. The van der Waals surface area contributed by atoms with Crippen LogP contribution in [-0.2, 0) is 10.2 Å². The van der Waals surface area contributed by atoms with Crippen LogP contribution in [0, 0.1) is 0 Å². The highest BCUT2D eigenvalue weighted by Gasteiger charge is 2.39. The Morgan fingerprint density at radius 1 is 1.14 bits per heavy atom. The van der Waals surface area contributed by atoms with Crippen molar-refractivity contribution < 1.29 is 4.79 Å². The summed E-state index contributed by atoms with van der Waals surface area (Å²) in [6, 6.07) is 8.99. The number of piperidine rings is 1. The third-order valence-electron chi connectivity index (χ3n) is 5.71. The van der Waals surface area contributed by atoms with Crippen LogP contribution < -0.4 is 5.32 Å². The number of benzene rings is 1. The van der Waals surface area contributed by atoms with E-state index in [1.165, 1.54) is 44.2 Å². The van der Waals surface area contributed by atoms with Crippen LogP contribution >= 0.6 is 0 Å². The number of para-hydroxylation sites is 1. The normalized spacial score (nSPS) is 30.0. The lowest BCUT2D eigenvalue weighted by atomic mass is 9.68. The summed E-state index contributed by atoms with van der Waals surface area (Å²) >= 11 is 0. The zero-order chi connectivity index (χ0) is 15.4. The molecule has 2 aliphatic rings. The first-order valence-electron chi connectivity index (χ1n) is 8.77. The van der Waals surface area contributed by atoms with Gasteiger partial charge in [-0.15, -0.1) is 0 Å². The molecule has 0 atom stereocenters. The summed E-state index contributed by atoms with van der Waals surface area (Å²) in [6.45, 7) is 2.51. The third-order valence-corrected chi connectivity index (χ3v) is 5.71. The van der Waals surface area contributed by atoms with Gasteiger partial charge in [0.25, 0.3) is 0 Å². The number of anilines is 1. The Balaban J connectivity index is 1.75. The lowest BCUT2D eigenvalue weighted by Gasteiger charge is -2.43. The topological polar surface area (TPSA) is 32.3 Å². The number of hydrogen-bond acceptors (Lipinski definition) is 3. The van der Waals surface area contributed by atoms with Gasteiger partial charge in [-0.05, 0) is 63.2 Å². The molecule has 22 heavy (non-hydrogen) atoms. The molecule has 1 heterocycles. The molecule has 1 saturated carbocycles. The lowest BCUT2D eigenvalue weighted by molar-refractivity contribution is -0.114. The molecule has 3 nitrogen and oxygen atoms in total. The van der Waals surface area contributed by atoms with Gasteiger partial charge in [0.05, 0.1) is 5.41 Å². The van der Waals surface area contributed by atoms with Gasteiger partial charge in [0, 0.05) is 18.8 Å². The zero-order valence-electron chi connectivity index (χ0n) is 13.7. The van der Waals surface area contributed by atoms with Crippen LogP contribution in [0.3, 0.4) is 0 Å². The lowest BCUT2D eigenvalue weighted by Crippen LogP contribution is -2.45. The smallest absolute Gasteiger partial charge is 0.130 e. The molecule has 120 valence electrons. The van der Waals surface area contributed by atoms with Gasteiger partial charge in [-0.2, -0.15) is 0 Å². The summed E-state index contributed by atoms with van der Waals surface area (Å²) in [5, 5.41) is 3.26. The Hall–Kier alpha value is -1.35. The van der Waals surface area contributed by atoms with E-state index < -0.39 is 0 Å². The highest BCUT2D eigenvalue weighted by molar-refractivity contribution is 5.74. The van der Waals surface area contributed by atoms with Crippen molar-refractivity contribution >= 4 is 12.0 Å². The second-order valence-electron chi connectivity index (χ2n) is 6.90. The van der Waals surface area contributed by atoms with E-state index in [9.17, 15) is 4.79 Å². The van der Waals surface area contributed by atoms with Crippen LogP contribution in [0.5, 0.6) is 0 Å². The summed E-state index contributed by atoms with van der Waals surface area (Å²) < 4.78 is 0. The molecule has 0 bridgehead atoms. The van der Waals surface area contributed by atoms with Crippen molar-refractivity contribution in [1.29, 1.82) is 0 Å². The van der Waals surface area contributed by atoms with Gasteiger partial charge in [-0.3, -0.25) is 0 Å². The summed E-state index contributed by atoms with van der Waals surface area (Å²) in [6.07, 6.45) is 9.56. The second-order valence-corrected chi connectivity index (χ2v) is 6.90. The van der Waals surface area contributed by atoms with Crippen LogP contribution in [0.2, 0.25) is 0 Å². The first-order valence-corrected chi connectivity index (χ1v) is 8.77. The highest BCUT2D eigenvalue weighted by Crippen LogP contribution is 2.42. The SMILES string of the molecule is CNc1ccccc1C1(C=O)CCC(N2CCCCC2)CC1. The summed E-state index contributed by atoms with van der Waals surface area (Å²) in [4.78, 5) is 14.7. The van der Waals surface area contributed by atoms with Crippen molar-refractivity contribution in [2.45, 2.75) is 56.4 Å². The van der Waals surface area contributed by atoms with Gasteiger partial charge in [0.1, 0.15) is 6.29 Å². The summed E-state index contributed by atoms with van der Waals surface area (Å²) in [5.41, 5.74) is 2.00. The minimum atomic E-state index is -0.286. The van der Waals surface area contributed by atoms with E-state index >= 15 is 0 Å². The first kappa shape index (κ1) is 15.5. The number of nitrogens with zero attached hydrogens (tertiary/aromatic N) is 1. The number of carbonyl (C=O) groups is 1. The van der Waals surface area contributed by atoms with Crippen molar-refractivity contribution in [2.75, 3.05) is 25.5 Å². The minimum Gasteiger partial charge on any atom is -0.388 e. The second kappa shape index (κ2) is 6.82. The maximum atomic E-state index is 12.0. The molecule has 1 aliphatic carbocycles. The van der Waals surface area contributed by atoms with Crippen molar-refractivity contribution in [2.24, 2.45) is 0 Å². The largest absolute Gasteiger partial charge is 0.388 e. The molecular weight excluding hydrogens is 272 g/mol. The van der Waals surface area contributed by atoms with Gasteiger partial charge in [0.2, 0.25) is 0 Å². The average molecular weight is 300 g/mol. The third kappa shape index (κ3) is 2.91. The fraction of sp³-hybridized carbons (Fsp3) is 0.632. The van der Waals surface area contributed by atoms with E-state index in [4.69, 9.17) is 0 Å². The van der Waals surface area contributed by atoms with Crippen LogP contribution in [0.15, 0.2) is 24.3 Å². The van der Waals surface area contributed by atoms with Crippen LogP contribution in [0.25, 0.3) is 0 Å². The van der Waals surface area contributed by atoms with Crippen LogP contribution in [0.1, 0.15) is 50.5 Å². The van der Waals surface area contributed by atoms with E-state index in [0.29, 0.717) is 6.04 Å². The number of rotatable bonds is 4. The molecule has 0 aromatic heterocycles. The maximum absolute atomic E-state index is 12.0. The number of hydrogen-bond donors (Lipinski definition) is 1. The van der Waals surface area contributed by atoms with Gasteiger partial charge in [-0.25, -0.2) is 0 Å². The van der Waals surface area contributed by atoms with Crippen molar-refractivity contribution in [1.82, 2.24) is 4.90 Å². The number of carbonyl (C=O) groups excluding carboxylic acids is 1. The van der Waals surface area contributed by atoms with Crippen LogP contribution in [0.4, 0.5) is 5.69 Å². The van der Waals surface area contributed by atoms with E-state index in [1.54, 1.807) is 0 Å². The zero-order valence-corrected chi connectivity index (χ0v) is 13.7. The molecule has 1 aromatic rings. The average Bonchev–Trinajstić information content (AvgIpc) is 2.62. The standard InChI is InChI=1S/C19H28N2O/c1-20-18-8-4-3-7-17(18)19(15-22)11-9-16(10-12-19)21-13-5-2-6-14-21/h3-4,7-8,15-16,20H,2,5-6,9-14H2,1H3. The van der Waals surface area contributed by atoms with E-state index in [2.05, 4.69) is 28.4 Å². The minimum absolute atomic E-state index is 0.286. The molecule has 1 saturated heterocycles. The van der Waals surface area contributed by atoms with Gasteiger partial charge < -0.3 is 15.0 Å². The molecular formula is C19H28N2O. The predicted molar refractivity (Wildman–Crippen MR) is 91.4 cm³/mol. The Kier molecular flexibility index (Phi) is 4.82. The van der Waals surface area contributed by atoms with Crippen LogP contribution in [-0.4, -0.2) is 37.4 Å². The first-order chi connectivity index (χ1) is 10.8. The van der Waals surface area contributed by atoms with Gasteiger partial charge >= 0.3 is 0 Å². The summed E-state index contributed by atoms with van der Waals surface area (Å²) in [7, 11) is 1.94. The number of aldehydes is 1. The molecule has 0 amide bonds. The van der Waals surface area contributed by atoms with E-state index in [0.717, 1.165) is 31.4 Å². The maximum Gasteiger partial charge on any atom is 0.130 e. The Morgan fingerprint density at radius 3 is 2.45 bits per heavy atom. The van der Waals surface area contributed by atoms with E-state index in [1.807, 2.05) is 13.1 Å². The molecule has 2 fully saturated rings. The Labute approximate surface area is 134 Å². The molecule has 3 rings (SSSR count). The number of nitrogens with one attached hydrogen (secondary N) is 1. The van der Waals surface area contributed by atoms with Crippen molar-refractivity contribution in [3.63, 3.8) is 0 Å². The molecule has 1 aromatic carbocycles. The van der Waals surface area contributed by atoms with Crippen molar-refractivity contribution in [3.8, 4) is 0 Å². The Bertz CT molecular complexity index is 500. The fourth-order valence-corrected chi connectivity index (χ4v) is 4.35. The van der Waals surface area contributed by atoms with E-state index in [-0.39, 0.29) is 5.41 Å². The molecule has 3 heteroatoms. The van der Waals surface area contributed by atoms with Gasteiger partial charge in [-0.1, -0.05) is 24.6 Å². The number of likely N-dealkylation sites (tertiary alicyclic amines) is 1. The Morgan fingerprint density at radius 2 is 1.82 bits per heavy atom.